The molecule has 1 aromatic carbocycles. The predicted octanol–water partition coefficient (Wildman–Crippen LogP) is 3.92. The summed E-state index contributed by atoms with van der Waals surface area (Å²) >= 11 is 0. The number of hydrogen-bond acceptors (Lipinski definition) is 4. The Labute approximate surface area is 183 Å². The number of imidazole rings is 1. The SMILES string of the molecule is [B]C(=O)NC(CN)Cc1ccc(-c2cn(C)c(C(C)O[Si](C)(C)C(C)(C)C)n2)cc1. The first kappa shape index (κ1) is 24.4. The van der Waals surface area contributed by atoms with Gasteiger partial charge in [0.15, 0.2) is 14.1 Å². The van der Waals surface area contributed by atoms with Gasteiger partial charge in [-0.3, -0.25) is 4.79 Å². The molecule has 2 aromatic rings. The van der Waals surface area contributed by atoms with Gasteiger partial charge in [-0.05, 0) is 37.0 Å². The minimum Gasteiger partial charge on any atom is -0.407 e. The third-order valence-corrected chi connectivity index (χ3v) is 10.5. The molecule has 1 amide bonds. The fourth-order valence-corrected chi connectivity index (χ4v) is 4.50. The van der Waals surface area contributed by atoms with Gasteiger partial charge in [0.2, 0.25) is 7.85 Å². The fourth-order valence-electron chi connectivity index (χ4n) is 3.16. The standard InChI is InChI=1S/C22H35BN4O2Si/c1-15(29-30(6,7)22(2,3)4)20-26-19(14-27(20)5)17-10-8-16(9-11-17)12-18(13-24)25-21(23)28/h8-11,14-15,18H,12-13,24H2,1-7H3,(H,25,28). The van der Waals surface area contributed by atoms with Crippen molar-refractivity contribution in [3.63, 3.8) is 0 Å². The highest BCUT2D eigenvalue weighted by Gasteiger charge is 2.39. The summed E-state index contributed by atoms with van der Waals surface area (Å²) in [6, 6.07) is 7.97. The summed E-state index contributed by atoms with van der Waals surface area (Å²) in [4.78, 5) is 15.9. The largest absolute Gasteiger partial charge is 0.407 e. The third kappa shape index (κ3) is 6.06. The van der Waals surface area contributed by atoms with Crippen molar-refractivity contribution >= 4 is 22.0 Å². The van der Waals surface area contributed by atoms with Crippen molar-refractivity contribution in [2.24, 2.45) is 12.8 Å². The second-order valence-corrected chi connectivity index (χ2v) is 14.2. The first-order valence-corrected chi connectivity index (χ1v) is 13.3. The molecule has 1 aromatic heterocycles. The van der Waals surface area contributed by atoms with E-state index in [4.69, 9.17) is 23.0 Å². The van der Waals surface area contributed by atoms with Gasteiger partial charge in [0.25, 0.3) is 0 Å². The van der Waals surface area contributed by atoms with Gasteiger partial charge < -0.3 is 20.0 Å². The highest BCUT2D eigenvalue weighted by molar-refractivity contribution is 6.74. The number of aromatic nitrogens is 2. The van der Waals surface area contributed by atoms with Crippen molar-refractivity contribution in [3.8, 4) is 11.3 Å². The van der Waals surface area contributed by atoms with Gasteiger partial charge in [0, 0.05) is 31.4 Å². The molecular formula is C22H35BN4O2Si. The fraction of sp³-hybridized carbons (Fsp3) is 0.545. The molecule has 6 nitrogen and oxygen atoms in total. The minimum atomic E-state index is -1.88. The second kappa shape index (κ2) is 9.49. The van der Waals surface area contributed by atoms with E-state index in [-0.39, 0.29) is 17.2 Å². The summed E-state index contributed by atoms with van der Waals surface area (Å²) in [5.41, 5.74) is 8.74. The molecule has 0 saturated heterocycles. The number of nitrogens with two attached hydrogens (primary N) is 1. The molecule has 2 radical (unpaired) electrons. The quantitative estimate of drug-likeness (QED) is 0.627. The Kier molecular flexibility index (Phi) is 7.71. The van der Waals surface area contributed by atoms with Crippen LogP contribution in [0.1, 0.15) is 45.2 Å². The van der Waals surface area contributed by atoms with E-state index in [0.29, 0.717) is 13.0 Å². The predicted molar refractivity (Wildman–Crippen MR) is 126 cm³/mol. The summed E-state index contributed by atoms with van der Waals surface area (Å²) in [5.74, 6) is 0.366. The maximum absolute atomic E-state index is 11.1. The lowest BCUT2D eigenvalue weighted by molar-refractivity contribution is 0.190. The van der Waals surface area contributed by atoms with E-state index in [2.05, 4.69) is 46.1 Å². The Morgan fingerprint density at radius 1 is 1.30 bits per heavy atom. The van der Waals surface area contributed by atoms with Gasteiger partial charge in [-0.15, -0.1) is 0 Å². The topological polar surface area (TPSA) is 82.2 Å². The molecule has 0 bridgehead atoms. The number of carbonyl (C=O) groups is 1. The van der Waals surface area contributed by atoms with Crippen molar-refractivity contribution in [3.05, 3.63) is 41.9 Å². The summed E-state index contributed by atoms with van der Waals surface area (Å²) in [5, 5.41) is 2.81. The smallest absolute Gasteiger partial charge is 0.200 e. The van der Waals surface area contributed by atoms with E-state index in [1.807, 2.05) is 42.1 Å². The average molecular weight is 426 g/mol. The molecule has 3 N–H and O–H groups in total. The summed E-state index contributed by atoms with van der Waals surface area (Å²) in [6.07, 6.45) is 2.59. The highest BCUT2D eigenvalue weighted by Crippen LogP contribution is 2.39. The van der Waals surface area contributed by atoms with Gasteiger partial charge >= 0.3 is 0 Å². The third-order valence-electron chi connectivity index (χ3n) is 5.92. The minimum absolute atomic E-state index is 0.0749. The van der Waals surface area contributed by atoms with Crippen LogP contribution in [0.2, 0.25) is 18.1 Å². The van der Waals surface area contributed by atoms with Gasteiger partial charge in [-0.2, -0.15) is 0 Å². The molecule has 0 aliphatic rings. The number of hydrogen-bond donors (Lipinski definition) is 2. The zero-order chi connectivity index (χ0) is 22.7. The van der Waals surface area contributed by atoms with Crippen LogP contribution < -0.4 is 11.1 Å². The van der Waals surface area contributed by atoms with E-state index >= 15 is 0 Å². The van der Waals surface area contributed by atoms with Crippen LogP contribution in [0, 0.1) is 0 Å². The van der Waals surface area contributed by atoms with Gasteiger partial charge in [0.1, 0.15) is 11.9 Å². The van der Waals surface area contributed by atoms with Gasteiger partial charge in [-0.1, -0.05) is 45.0 Å². The molecule has 2 rings (SSSR count). The van der Waals surface area contributed by atoms with E-state index in [1.165, 1.54) is 0 Å². The number of benzene rings is 1. The summed E-state index contributed by atoms with van der Waals surface area (Å²) in [6.45, 7) is 13.7. The van der Waals surface area contributed by atoms with Crippen molar-refractivity contribution < 1.29 is 9.22 Å². The molecule has 1 heterocycles. The number of carbonyl (C=O) groups excluding carboxylic acids is 1. The molecule has 0 aliphatic heterocycles. The van der Waals surface area contributed by atoms with Gasteiger partial charge in [0.05, 0.1) is 5.69 Å². The summed E-state index contributed by atoms with van der Waals surface area (Å²) < 4.78 is 8.57. The molecule has 0 spiro atoms. The first-order chi connectivity index (χ1) is 13.8. The van der Waals surface area contributed by atoms with E-state index in [0.717, 1.165) is 22.6 Å². The van der Waals surface area contributed by atoms with Crippen molar-refractivity contribution in [2.75, 3.05) is 6.54 Å². The normalized spacial score (nSPS) is 14.4. The molecule has 162 valence electrons. The first-order valence-electron chi connectivity index (χ1n) is 10.4. The lowest BCUT2D eigenvalue weighted by Crippen LogP contribution is -2.41. The van der Waals surface area contributed by atoms with E-state index < -0.39 is 14.1 Å². The molecule has 30 heavy (non-hydrogen) atoms. The van der Waals surface area contributed by atoms with E-state index in [1.54, 1.807) is 0 Å². The lowest BCUT2D eigenvalue weighted by Gasteiger charge is -2.38. The molecular weight excluding hydrogens is 391 g/mol. The Hall–Kier alpha value is -1.90. The molecule has 0 saturated carbocycles. The number of amides is 1. The van der Waals surface area contributed by atoms with Gasteiger partial charge in [-0.25, -0.2) is 4.98 Å². The average Bonchev–Trinajstić information content (AvgIpc) is 3.02. The maximum atomic E-state index is 11.1. The van der Waals surface area contributed by atoms with Crippen molar-refractivity contribution in [1.82, 2.24) is 14.9 Å². The van der Waals surface area contributed by atoms with Crippen LogP contribution in [0.3, 0.4) is 0 Å². The second-order valence-electron chi connectivity index (χ2n) is 9.46. The molecule has 0 fully saturated rings. The molecule has 8 heteroatoms. The maximum Gasteiger partial charge on any atom is 0.200 e. The summed E-state index contributed by atoms with van der Waals surface area (Å²) in [7, 11) is 5.32. The van der Waals surface area contributed by atoms with Crippen LogP contribution in [-0.2, 0) is 17.9 Å². The Morgan fingerprint density at radius 3 is 2.40 bits per heavy atom. The van der Waals surface area contributed by atoms with E-state index in [9.17, 15) is 4.79 Å². The number of nitrogens with zero attached hydrogens (tertiary/aromatic N) is 2. The Bertz CT molecular complexity index is 859. The van der Waals surface area contributed by atoms with Crippen molar-refractivity contribution in [2.45, 2.75) is 64.4 Å². The lowest BCUT2D eigenvalue weighted by atomic mass is 10.0. The zero-order valence-corrected chi connectivity index (χ0v) is 20.3. The van der Waals surface area contributed by atoms with Crippen LogP contribution in [0.15, 0.2) is 30.5 Å². The molecule has 0 aliphatic carbocycles. The molecule has 2 atom stereocenters. The van der Waals surface area contributed by atoms with Crippen LogP contribution in [-0.4, -0.2) is 44.1 Å². The number of rotatable bonds is 8. The monoisotopic (exact) mass is 426 g/mol. The Balaban J connectivity index is 2.15. The number of aryl methyl sites for hydroxylation is 1. The Morgan fingerprint density at radius 2 is 1.90 bits per heavy atom. The van der Waals surface area contributed by atoms with Crippen LogP contribution in [0.4, 0.5) is 4.79 Å². The molecule has 2 unspecified atom stereocenters. The number of nitrogens with one attached hydrogen (secondary N) is 1. The van der Waals surface area contributed by atoms with Crippen LogP contribution in [0.25, 0.3) is 11.3 Å². The van der Waals surface area contributed by atoms with Crippen LogP contribution in [0.5, 0.6) is 0 Å². The zero-order valence-electron chi connectivity index (χ0n) is 19.3. The highest BCUT2D eigenvalue weighted by atomic mass is 28.4. The van der Waals surface area contributed by atoms with Crippen molar-refractivity contribution in [1.29, 1.82) is 0 Å². The van der Waals surface area contributed by atoms with Crippen LogP contribution >= 0.6 is 0 Å².